The van der Waals surface area contributed by atoms with Crippen LogP contribution in [-0.2, 0) is 0 Å². The Bertz CT molecular complexity index is 901. The number of hydrogen-bond donors (Lipinski definition) is 3. The topological polar surface area (TPSA) is 81.7 Å². The maximum absolute atomic E-state index is 13.8. The molecule has 1 aliphatic heterocycles. The van der Waals surface area contributed by atoms with Gasteiger partial charge in [0.1, 0.15) is 5.92 Å². The first kappa shape index (κ1) is 20.7. The average molecular weight is 407 g/mol. The number of halogens is 3. The van der Waals surface area contributed by atoms with Gasteiger partial charge in [0.25, 0.3) is 0 Å². The number of aliphatic hydroxyl groups is 1. The zero-order valence-corrected chi connectivity index (χ0v) is 15.7. The second kappa shape index (κ2) is 7.40. The molecular weight excluding hydrogens is 387 g/mol. The monoisotopic (exact) mass is 407 g/mol. The van der Waals surface area contributed by atoms with Gasteiger partial charge in [0.15, 0.2) is 5.78 Å². The van der Waals surface area contributed by atoms with Crippen LogP contribution in [0.15, 0.2) is 54.6 Å². The Labute approximate surface area is 165 Å². The lowest BCUT2D eigenvalue weighted by atomic mass is 9.77. The standard InChI is InChI=1S/C20H20F3N3O3/c1-26(2)14-10-8-12(9-11-14)16-15(17(27)13-6-4-3-5-7-13)19(29,20(21,22)23)25-18(28)24-16/h3-11,15-16,29H,1-2H3,(H2,24,25,28)/t15-,16+,19-/m0/s1. The lowest BCUT2D eigenvalue weighted by molar-refractivity contribution is -0.287. The van der Waals surface area contributed by atoms with Crippen LogP contribution in [0.4, 0.5) is 23.7 Å². The third-order valence-electron chi connectivity index (χ3n) is 4.92. The van der Waals surface area contributed by atoms with Crippen LogP contribution in [0.25, 0.3) is 0 Å². The number of rotatable bonds is 4. The number of Topliss-reactive ketones (excluding diaryl/α,β-unsaturated/α-hetero) is 1. The number of nitrogens with one attached hydrogen (secondary N) is 2. The first-order valence-corrected chi connectivity index (χ1v) is 8.79. The third-order valence-corrected chi connectivity index (χ3v) is 4.92. The second-order valence-electron chi connectivity index (χ2n) is 7.03. The van der Waals surface area contributed by atoms with Crippen LogP contribution < -0.4 is 15.5 Å². The predicted octanol–water partition coefficient (Wildman–Crippen LogP) is 2.86. The van der Waals surface area contributed by atoms with Gasteiger partial charge < -0.3 is 20.6 Å². The van der Waals surface area contributed by atoms with Gasteiger partial charge in [0.2, 0.25) is 5.72 Å². The Morgan fingerprint density at radius 2 is 1.66 bits per heavy atom. The quantitative estimate of drug-likeness (QED) is 0.681. The Kier molecular flexibility index (Phi) is 5.27. The van der Waals surface area contributed by atoms with Crippen molar-refractivity contribution >= 4 is 17.5 Å². The van der Waals surface area contributed by atoms with Crippen molar-refractivity contribution in [1.82, 2.24) is 10.6 Å². The highest BCUT2D eigenvalue weighted by molar-refractivity contribution is 6.00. The van der Waals surface area contributed by atoms with Gasteiger partial charge in [-0.2, -0.15) is 13.2 Å². The fourth-order valence-corrected chi connectivity index (χ4v) is 3.38. The first-order valence-electron chi connectivity index (χ1n) is 8.79. The molecule has 154 valence electrons. The van der Waals surface area contributed by atoms with Crippen LogP contribution in [0.2, 0.25) is 0 Å². The van der Waals surface area contributed by atoms with Gasteiger partial charge in [0, 0.05) is 25.3 Å². The van der Waals surface area contributed by atoms with Gasteiger partial charge in [-0.25, -0.2) is 4.79 Å². The molecule has 3 atom stereocenters. The lowest BCUT2D eigenvalue weighted by Crippen LogP contribution is -2.72. The molecule has 1 fully saturated rings. The molecule has 3 rings (SSSR count). The fourth-order valence-electron chi connectivity index (χ4n) is 3.38. The van der Waals surface area contributed by atoms with Gasteiger partial charge in [-0.15, -0.1) is 0 Å². The number of urea groups is 1. The van der Waals surface area contributed by atoms with Gasteiger partial charge in [0.05, 0.1) is 6.04 Å². The van der Waals surface area contributed by atoms with E-state index in [0.717, 1.165) is 5.69 Å². The largest absolute Gasteiger partial charge is 0.437 e. The number of alkyl halides is 3. The number of ketones is 1. The van der Waals surface area contributed by atoms with Crippen molar-refractivity contribution in [2.45, 2.75) is 17.9 Å². The highest BCUT2D eigenvalue weighted by Crippen LogP contribution is 2.44. The number of hydrogen-bond acceptors (Lipinski definition) is 4. The molecule has 2 aromatic carbocycles. The minimum absolute atomic E-state index is 0.00645. The van der Waals surface area contributed by atoms with Gasteiger partial charge in [-0.05, 0) is 17.7 Å². The molecule has 1 saturated heterocycles. The van der Waals surface area contributed by atoms with E-state index in [4.69, 9.17) is 0 Å². The van der Waals surface area contributed by atoms with Crippen molar-refractivity contribution in [3.8, 4) is 0 Å². The molecule has 9 heteroatoms. The molecule has 29 heavy (non-hydrogen) atoms. The minimum Gasteiger partial charge on any atom is -0.378 e. The van der Waals surface area contributed by atoms with Crippen molar-refractivity contribution in [3.63, 3.8) is 0 Å². The Balaban J connectivity index is 2.13. The number of carbonyl (C=O) groups excluding carboxylic acids is 2. The average Bonchev–Trinajstić information content (AvgIpc) is 2.67. The van der Waals surface area contributed by atoms with Gasteiger partial charge in [-0.3, -0.25) is 4.79 Å². The molecule has 0 bridgehead atoms. The molecule has 2 aromatic rings. The van der Waals surface area contributed by atoms with Crippen molar-refractivity contribution in [2.75, 3.05) is 19.0 Å². The van der Waals surface area contributed by atoms with E-state index >= 15 is 0 Å². The lowest BCUT2D eigenvalue weighted by Gasteiger charge is -2.45. The normalized spacial score (nSPS) is 24.4. The number of amides is 2. The Hall–Kier alpha value is -3.07. The third kappa shape index (κ3) is 3.77. The fraction of sp³-hybridized carbons (Fsp3) is 0.300. The van der Waals surface area contributed by atoms with E-state index in [9.17, 15) is 27.9 Å². The molecule has 0 aromatic heterocycles. The minimum atomic E-state index is -5.28. The highest BCUT2D eigenvalue weighted by atomic mass is 19.4. The smallest absolute Gasteiger partial charge is 0.378 e. The van der Waals surface area contributed by atoms with E-state index in [1.807, 2.05) is 0 Å². The molecule has 3 N–H and O–H groups in total. The predicted molar refractivity (Wildman–Crippen MR) is 100 cm³/mol. The summed E-state index contributed by atoms with van der Waals surface area (Å²) in [5, 5.41) is 14.4. The molecule has 1 aliphatic rings. The summed E-state index contributed by atoms with van der Waals surface area (Å²) >= 11 is 0. The van der Waals surface area contributed by atoms with Crippen molar-refractivity contribution < 1.29 is 27.9 Å². The molecule has 0 saturated carbocycles. The molecular formula is C20H20F3N3O3. The van der Waals surface area contributed by atoms with E-state index in [-0.39, 0.29) is 11.1 Å². The molecule has 1 heterocycles. The summed E-state index contributed by atoms with van der Waals surface area (Å²) in [6.45, 7) is 0. The Morgan fingerprint density at radius 3 is 2.17 bits per heavy atom. The number of benzene rings is 2. The van der Waals surface area contributed by atoms with E-state index < -0.39 is 35.7 Å². The second-order valence-corrected chi connectivity index (χ2v) is 7.03. The van der Waals surface area contributed by atoms with Crippen molar-refractivity contribution in [1.29, 1.82) is 0 Å². The molecule has 6 nitrogen and oxygen atoms in total. The van der Waals surface area contributed by atoms with Crippen LogP contribution in [-0.4, -0.2) is 42.9 Å². The zero-order valence-electron chi connectivity index (χ0n) is 15.7. The summed E-state index contributed by atoms with van der Waals surface area (Å²) in [7, 11) is 3.59. The summed E-state index contributed by atoms with van der Waals surface area (Å²) in [6.07, 6.45) is -5.28. The van der Waals surface area contributed by atoms with E-state index in [1.54, 1.807) is 37.2 Å². The number of anilines is 1. The van der Waals surface area contributed by atoms with Crippen LogP contribution in [0.5, 0.6) is 0 Å². The van der Waals surface area contributed by atoms with E-state index in [1.165, 1.54) is 41.7 Å². The number of nitrogens with zero attached hydrogens (tertiary/aromatic N) is 1. The Morgan fingerprint density at radius 1 is 1.07 bits per heavy atom. The molecule has 0 unspecified atom stereocenters. The molecule has 0 radical (unpaired) electrons. The van der Waals surface area contributed by atoms with Crippen molar-refractivity contribution in [2.24, 2.45) is 5.92 Å². The van der Waals surface area contributed by atoms with Crippen LogP contribution in [0.3, 0.4) is 0 Å². The van der Waals surface area contributed by atoms with Crippen LogP contribution in [0.1, 0.15) is 22.0 Å². The van der Waals surface area contributed by atoms with Crippen LogP contribution >= 0.6 is 0 Å². The molecule has 0 spiro atoms. The SMILES string of the molecule is CN(C)c1ccc([C@H]2NC(=O)N[C@@](O)(C(F)(F)F)[C@@H]2C(=O)c2ccccc2)cc1. The maximum atomic E-state index is 13.8. The zero-order chi connectivity index (χ0) is 21.4. The van der Waals surface area contributed by atoms with Gasteiger partial charge >= 0.3 is 12.2 Å². The summed E-state index contributed by atoms with van der Waals surface area (Å²) in [4.78, 5) is 26.9. The van der Waals surface area contributed by atoms with Gasteiger partial charge in [-0.1, -0.05) is 42.5 Å². The maximum Gasteiger partial charge on any atom is 0.437 e. The molecule has 0 aliphatic carbocycles. The summed E-state index contributed by atoms with van der Waals surface area (Å²) in [5.41, 5.74) is -2.69. The van der Waals surface area contributed by atoms with Crippen LogP contribution in [0, 0.1) is 5.92 Å². The van der Waals surface area contributed by atoms with Crippen molar-refractivity contribution in [3.05, 3.63) is 65.7 Å². The number of carbonyl (C=O) groups is 2. The summed E-state index contributed by atoms with van der Waals surface area (Å²) < 4.78 is 41.5. The molecule has 2 amide bonds. The van der Waals surface area contributed by atoms with E-state index in [2.05, 4.69) is 5.32 Å². The summed E-state index contributed by atoms with van der Waals surface area (Å²) in [5.74, 6) is -2.98. The highest BCUT2D eigenvalue weighted by Gasteiger charge is 2.66. The van der Waals surface area contributed by atoms with E-state index in [0.29, 0.717) is 0 Å². The summed E-state index contributed by atoms with van der Waals surface area (Å²) in [6, 6.07) is 11.1. The first-order chi connectivity index (χ1) is 13.5.